The number of benzene rings is 1. The topological polar surface area (TPSA) is 49.3 Å². The molecule has 1 aromatic carbocycles. The van der Waals surface area contributed by atoms with E-state index in [0.29, 0.717) is 16.6 Å². The largest absolute Gasteiger partial charge is 0.506 e. The highest BCUT2D eigenvalue weighted by molar-refractivity contribution is 9.10. The molecule has 0 spiro atoms. The maximum atomic E-state index is 11.9. The van der Waals surface area contributed by atoms with Crippen molar-refractivity contribution in [1.82, 2.24) is 5.32 Å². The quantitative estimate of drug-likeness (QED) is 0.839. The summed E-state index contributed by atoms with van der Waals surface area (Å²) in [5.74, 6) is 0.261. The van der Waals surface area contributed by atoms with Gasteiger partial charge in [-0.3, -0.25) is 4.79 Å². The Morgan fingerprint density at radius 1 is 1.25 bits per heavy atom. The van der Waals surface area contributed by atoms with E-state index < -0.39 is 0 Å². The first-order valence-electron chi connectivity index (χ1n) is 5.07. The molecule has 0 radical (unpaired) electrons. The molecule has 88 valence electrons. The lowest BCUT2D eigenvalue weighted by molar-refractivity contribution is 0.0992. The molecule has 0 heterocycles. The van der Waals surface area contributed by atoms with Crippen LogP contribution in [-0.4, -0.2) is 24.5 Å². The molecule has 0 amide bonds. The van der Waals surface area contributed by atoms with E-state index in [-0.39, 0.29) is 11.5 Å². The minimum atomic E-state index is 0.0429. The van der Waals surface area contributed by atoms with Gasteiger partial charge in [-0.1, -0.05) is 0 Å². The van der Waals surface area contributed by atoms with Crippen LogP contribution in [0.4, 0.5) is 0 Å². The molecule has 0 bridgehead atoms. The van der Waals surface area contributed by atoms with Gasteiger partial charge in [-0.2, -0.15) is 0 Å². The molecule has 0 fully saturated rings. The molecule has 16 heavy (non-hydrogen) atoms. The van der Waals surface area contributed by atoms with Gasteiger partial charge in [-0.05, 0) is 60.4 Å². The van der Waals surface area contributed by atoms with Crippen LogP contribution in [0, 0.1) is 20.8 Å². The number of phenols is 1. The molecule has 4 heteroatoms. The molecule has 0 aliphatic carbocycles. The van der Waals surface area contributed by atoms with E-state index in [0.717, 1.165) is 16.7 Å². The van der Waals surface area contributed by atoms with Crippen molar-refractivity contribution < 1.29 is 9.90 Å². The number of hydrogen-bond donors (Lipinski definition) is 2. The van der Waals surface area contributed by atoms with Crippen LogP contribution >= 0.6 is 15.9 Å². The molecular formula is C12H16BrNO2. The molecular weight excluding hydrogens is 270 g/mol. The molecule has 2 N–H and O–H groups in total. The molecule has 0 aliphatic rings. The standard InChI is InChI=1S/C12H16BrNO2/c1-6-7(2)12(16)11(13)8(3)10(6)9(15)5-14-4/h14,16H,5H2,1-4H3. The Kier molecular flexibility index (Phi) is 4.10. The lowest BCUT2D eigenvalue weighted by Gasteiger charge is -2.15. The monoisotopic (exact) mass is 285 g/mol. The van der Waals surface area contributed by atoms with Crippen molar-refractivity contribution in [2.75, 3.05) is 13.6 Å². The number of phenolic OH excluding ortho intramolecular Hbond substituents is 1. The van der Waals surface area contributed by atoms with E-state index >= 15 is 0 Å². The summed E-state index contributed by atoms with van der Waals surface area (Å²) < 4.78 is 0.607. The number of Topliss-reactive ketones (excluding diaryl/α,β-unsaturated/α-hetero) is 1. The van der Waals surface area contributed by atoms with Crippen LogP contribution in [0.25, 0.3) is 0 Å². The molecule has 1 rings (SSSR count). The second-order valence-electron chi connectivity index (χ2n) is 3.87. The van der Waals surface area contributed by atoms with E-state index in [1.54, 1.807) is 7.05 Å². The second-order valence-corrected chi connectivity index (χ2v) is 4.66. The highest BCUT2D eigenvalue weighted by Crippen LogP contribution is 2.36. The minimum absolute atomic E-state index is 0.0429. The predicted octanol–water partition coefficient (Wildman–Crippen LogP) is 2.48. The Bertz CT molecular complexity index is 412. The van der Waals surface area contributed by atoms with Crippen molar-refractivity contribution in [3.8, 4) is 5.75 Å². The number of halogens is 1. The van der Waals surface area contributed by atoms with Gasteiger partial charge in [0.2, 0.25) is 0 Å². The predicted molar refractivity (Wildman–Crippen MR) is 68.3 cm³/mol. The molecule has 0 aromatic heterocycles. The molecule has 0 unspecified atom stereocenters. The first-order valence-corrected chi connectivity index (χ1v) is 5.87. The third-order valence-electron chi connectivity index (χ3n) is 2.82. The SMILES string of the molecule is CNCC(=O)c1c(C)c(C)c(O)c(Br)c1C. The fourth-order valence-corrected chi connectivity index (χ4v) is 2.26. The fourth-order valence-electron chi connectivity index (χ4n) is 1.77. The molecule has 0 saturated carbocycles. The normalized spacial score (nSPS) is 10.6. The zero-order valence-corrected chi connectivity index (χ0v) is 11.5. The van der Waals surface area contributed by atoms with Crippen LogP contribution in [0.3, 0.4) is 0 Å². The number of aromatic hydroxyl groups is 1. The summed E-state index contributed by atoms with van der Waals surface area (Å²) in [6.45, 7) is 5.81. The van der Waals surface area contributed by atoms with E-state index in [9.17, 15) is 9.90 Å². The van der Waals surface area contributed by atoms with Crippen molar-refractivity contribution in [1.29, 1.82) is 0 Å². The average Bonchev–Trinajstić information content (AvgIpc) is 2.24. The zero-order chi connectivity index (χ0) is 12.5. The van der Waals surface area contributed by atoms with E-state index in [2.05, 4.69) is 21.2 Å². The van der Waals surface area contributed by atoms with Crippen LogP contribution in [0.5, 0.6) is 5.75 Å². The molecule has 0 saturated heterocycles. The first kappa shape index (κ1) is 13.2. The number of carbonyl (C=O) groups is 1. The summed E-state index contributed by atoms with van der Waals surface area (Å²) in [4.78, 5) is 11.9. The van der Waals surface area contributed by atoms with Gasteiger partial charge in [0.25, 0.3) is 0 Å². The Morgan fingerprint density at radius 2 is 1.81 bits per heavy atom. The number of likely N-dealkylation sites (N-methyl/N-ethyl adjacent to an activating group) is 1. The van der Waals surface area contributed by atoms with Crippen LogP contribution in [0.1, 0.15) is 27.0 Å². The van der Waals surface area contributed by atoms with Crippen molar-refractivity contribution >= 4 is 21.7 Å². The van der Waals surface area contributed by atoms with Gasteiger partial charge >= 0.3 is 0 Å². The lowest BCUT2D eigenvalue weighted by atomic mass is 9.94. The first-order chi connectivity index (χ1) is 7.41. The zero-order valence-electron chi connectivity index (χ0n) is 9.94. The van der Waals surface area contributed by atoms with E-state index in [4.69, 9.17) is 0 Å². The Balaban J connectivity index is 3.45. The Labute approximate surface area is 104 Å². The summed E-state index contributed by atoms with van der Waals surface area (Å²) in [5, 5.41) is 12.7. The van der Waals surface area contributed by atoms with E-state index in [1.807, 2.05) is 20.8 Å². The molecule has 0 aliphatic heterocycles. The van der Waals surface area contributed by atoms with Gasteiger partial charge in [0.15, 0.2) is 5.78 Å². The highest BCUT2D eigenvalue weighted by atomic mass is 79.9. The summed E-state index contributed by atoms with van der Waals surface area (Å²) in [6, 6.07) is 0. The third-order valence-corrected chi connectivity index (χ3v) is 3.79. The smallest absolute Gasteiger partial charge is 0.177 e. The van der Waals surface area contributed by atoms with Gasteiger partial charge in [-0.15, -0.1) is 0 Å². The third kappa shape index (κ3) is 2.13. The maximum Gasteiger partial charge on any atom is 0.177 e. The number of ketones is 1. The minimum Gasteiger partial charge on any atom is -0.506 e. The van der Waals surface area contributed by atoms with Gasteiger partial charge in [0.1, 0.15) is 5.75 Å². The van der Waals surface area contributed by atoms with Crippen LogP contribution in [-0.2, 0) is 0 Å². The van der Waals surface area contributed by atoms with Gasteiger partial charge in [-0.25, -0.2) is 0 Å². The van der Waals surface area contributed by atoms with Gasteiger partial charge < -0.3 is 10.4 Å². The fraction of sp³-hybridized carbons (Fsp3) is 0.417. The van der Waals surface area contributed by atoms with Crippen molar-refractivity contribution in [3.63, 3.8) is 0 Å². The average molecular weight is 286 g/mol. The van der Waals surface area contributed by atoms with Gasteiger partial charge in [0, 0.05) is 5.56 Å². The lowest BCUT2D eigenvalue weighted by Crippen LogP contribution is -2.20. The number of rotatable bonds is 3. The summed E-state index contributed by atoms with van der Waals surface area (Å²) >= 11 is 3.31. The van der Waals surface area contributed by atoms with Crippen molar-refractivity contribution in [2.45, 2.75) is 20.8 Å². The summed E-state index contributed by atoms with van der Waals surface area (Å²) in [6.07, 6.45) is 0. The van der Waals surface area contributed by atoms with Crippen molar-refractivity contribution in [2.24, 2.45) is 0 Å². The number of nitrogens with one attached hydrogen (secondary N) is 1. The van der Waals surface area contributed by atoms with Crippen LogP contribution in [0.2, 0.25) is 0 Å². The van der Waals surface area contributed by atoms with Crippen LogP contribution in [0.15, 0.2) is 4.47 Å². The highest BCUT2D eigenvalue weighted by Gasteiger charge is 2.19. The second kappa shape index (κ2) is 4.97. The maximum absolute atomic E-state index is 11.9. The number of hydrogen-bond acceptors (Lipinski definition) is 3. The van der Waals surface area contributed by atoms with Gasteiger partial charge in [0.05, 0.1) is 11.0 Å². The molecule has 3 nitrogen and oxygen atoms in total. The van der Waals surface area contributed by atoms with Crippen molar-refractivity contribution in [3.05, 3.63) is 26.7 Å². The van der Waals surface area contributed by atoms with E-state index in [1.165, 1.54) is 0 Å². The number of carbonyl (C=O) groups excluding carboxylic acids is 1. The Hall–Kier alpha value is -0.870. The summed E-state index contributed by atoms with van der Waals surface area (Å²) in [7, 11) is 1.74. The molecule has 1 aromatic rings. The van der Waals surface area contributed by atoms with Crippen LogP contribution < -0.4 is 5.32 Å². The molecule has 0 atom stereocenters. The summed E-state index contributed by atoms with van der Waals surface area (Å²) in [5.41, 5.74) is 3.08. The Morgan fingerprint density at radius 3 is 2.31 bits per heavy atom.